The molecule has 4 aliphatic rings. The first kappa shape index (κ1) is 48.5. The van der Waals surface area contributed by atoms with Gasteiger partial charge in [-0.1, -0.05) is 107 Å². The van der Waals surface area contributed by atoms with Crippen molar-refractivity contribution in [3.63, 3.8) is 0 Å². The van der Waals surface area contributed by atoms with Crippen molar-refractivity contribution in [3.05, 3.63) is 94.5 Å². The average molecular weight is 871 g/mol. The molecule has 0 radical (unpaired) electrons. The van der Waals surface area contributed by atoms with Crippen molar-refractivity contribution in [1.29, 1.82) is 0 Å². The Morgan fingerprint density at radius 2 is 1.11 bits per heavy atom. The zero-order chi connectivity index (χ0) is 44.7. The molecule has 7 rings (SSSR count). The minimum Gasteiger partial charge on any atom is -0.482 e. The summed E-state index contributed by atoms with van der Waals surface area (Å²) < 4.78 is 16.8. The molecule has 2 fully saturated rings. The number of aliphatic hydroxyl groups excluding tert-OH is 4. The Labute approximate surface area is 375 Å². The number of carbonyl (C=O) groups is 2. The van der Waals surface area contributed by atoms with E-state index in [0.29, 0.717) is 29.4 Å². The molecule has 5 N–H and O–H groups in total. The van der Waals surface area contributed by atoms with Gasteiger partial charge in [0.1, 0.15) is 18.1 Å². The van der Waals surface area contributed by atoms with E-state index < -0.39 is 5.97 Å². The Hall–Kier alpha value is -3.96. The number of carboxylic acid groups (broad SMARTS) is 1. The van der Waals surface area contributed by atoms with E-state index in [1.54, 1.807) is 0 Å². The summed E-state index contributed by atoms with van der Waals surface area (Å²) in [6.45, 7) is 4.15. The second-order valence-corrected chi connectivity index (χ2v) is 19.0. The van der Waals surface area contributed by atoms with E-state index in [1.807, 2.05) is 54.6 Å². The lowest BCUT2D eigenvalue weighted by atomic mass is 9.73. The maximum absolute atomic E-state index is 12.2. The molecule has 0 spiro atoms. The number of hydrogen-bond acceptors (Lipinski definition) is 9. The summed E-state index contributed by atoms with van der Waals surface area (Å²) in [5.74, 6) is 2.23. The minimum absolute atomic E-state index is 0.113. The van der Waals surface area contributed by atoms with Crippen LogP contribution in [0.2, 0.25) is 0 Å². The molecule has 4 aliphatic carbocycles. The first-order valence-corrected chi connectivity index (χ1v) is 24.1. The van der Waals surface area contributed by atoms with Crippen LogP contribution in [0.4, 0.5) is 0 Å². The lowest BCUT2D eigenvalue weighted by Crippen LogP contribution is -2.28. The van der Waals surface area contributed by atoms with Crippen LogP contribution in [0.15, 0.2) is 66.7 Å². The van der Waals surface area contributed by atoms with E-state index >= 15 is 0 Å². The fraction of sp³-hybridized carbons (Fsp3) is 0.623. The van der Waals surface area contributed by atoms with Crippen LogP contribution in [0, 0.1) is 35.5 Å². The lowest BCUT2D eigenvalue weighted by molar-refractivity contribution is -0.147. The van der Waals surface area contributed by atoms with Crippen LogP contribution in [-0.2, 0) is 46.6 Å². The second kappa shape index (κ2) is 24.4. The molecular formula is C53H74O10. The molecular weight excluding hydrogens is 797 g/mol. The molecule has 0 saturated heterocycles. The van der Waals surface area contributed by atoms with Crippen LogP contribution in [0.3, 0.4) is 0 Å². The number of carboxylic acids is 1. The predicted molar refractivity (Wildman–Crippen MR) is 244 cm³/mol. The highest BCUT2D eigenvalue weighted by Crippen LogP contribution is 2.50. The Kier molecular flexibility index (Phi) is 18.8. The maximum atomic E-state index is 12.2. The van der Waals surface area contributed by atoms with E-state index in [4.69, 9.17) is 19.3 Å². The standard InChI is InChI=1S/C30H40O5.C23H34O5/c1-2-3-5-12-24(31)14-15-25-26-16-22-11-8-13-29(27(22)17-23(26)18-28(25)32)34-20-30(33)35-19-21-9-6-4-7-10-21;1-2-3-4-7-17(24)9-10-18-19-11-15-6-5-8-22(28-14-23(26)27)20(15)12-16(19)13-21(18)25/h4,6-11,13,23-26,28,31-32H,2-3,5,12,14-20H2,1H3;5-6,8,16-19,21,24-25H,2-4,7,9-14H2,1H3,(H,26,27)/t23-,24-,25+,26-,28+;16-,17-,18+,19-,21+/m11/s1. The quantitative estimate of drug-likeness (QED) is 0.0487. The van der Waals surface area contributed by atoms with E-state index in [9.17, 15) is 30.0 Å². The topological polar surface area (TPSA) is 163 Å². The van der Waals surface area contributed by atoms with Crippen LogP contribution in [-0.4, -0.2) is 75.1 Å². The third kappa shape index (κ3) is 13.8. The minimum atomic E-state index is -0.972. The summed E-state index contributed by atoms with van der Waals surface area (Å²) in [6.07, 6.45) is 15.8. The molecule has 10 atom stereocenters. The maximum Gasteiger partial charge on any atom is 0.344 e. The Bertz CT molecular complexity index is 1870. The van der Waals surface area contributed by atoms with Crippen molar-refractivity contribution in [2.45, 2.75) is 160 Å². The number of esters is 1. The molecule has 3 aromatic carbocycles. The monoisotopic (exact) mass is 871 g/mol. The largest absolute Gasteiger partial charge is 0.482 e. The van der Waals surface area contributed by atoms with Crippen LogP contribution >= 0.6 is 0 Å². The van der Waals surface area contributed by atoms with Crippen molar-refractivity contribution < 1.29 is 49.3 Å². The van der Waals surface area contributed by atoms with Gasteiger partial charge in [0.15, 0.2) is 13.2 Å². The van der Waals surface area contributed by atoms with Crippen molar-refractivity contribution in [2.24, 2.45) is 35.5 Å². The first-order valence-electron chi connectivity index (χ1n) is 24.1. The fourth-order valence-electron chi connectivity index (χ4n) is 11.3. The van der Waals surface area contributed by atoms with Crippen molar-refractivity contribution in [2.75, 3.05) is 13.2 Å². The highest BCUT2D eigenvalue weighted by molar-refractivity contribution is 5.71. The third-order valence-corrected chi connectivity index (χ3v) is 14.6. The molecule has 0 aromatic heterocycles. The SMILES string of the molecule is CCCCC[C@@H](O)CC[C@H]1[C@@H]2Cc3cccc(OCC(=O)O)c3C[C@@H]2C[C@@H]1O.CCCCC[C@@H](O)CC[C@H]1[C@@H]2Cc3cccc(OCC(=O)OCc4ccccc4)c3C[C@@H]2C[C@@H]1O. The number of ether oxygens (including phenoxy) is 3. The summed E-state index contributed by atoms with van der Waals surface area (Å²) in [6, 6.07) is 21.6. The molecule has 10 nitrogen and oxygen atoms in total. The highest BCUT2D eigenvalue weighted by Gasteiger charge is 2.46. The van der Waals surface area contributed by atoms with Gasteiger partial charge in [-0.05, 0) is 153 Å². The van der Waals surface area contributed by atoms with Crippen LogP contribution in [0.25, 0.3) is 0 Å². The number of benzene rings is 3. The molecule has 0 heterocycles. The molecule has 63 heavy (non-hydrogen) atoms. The third-order valence-electron chi connectivity index (χ3n) is 14.6. The number of fused-ring (bicyclic) bond motifs is 4. The van der Waals surface area contributed by atoms with Crippen molar-refractivity contribution >= 4 is 11.9 Å². The number of aliphatic hydroxyl groups is 4. The van der Waals surface area contributed by atoms with E-state index in [-0.39, 0.29) is 62.0 Å². The van der Waals surface area contributed by atoms with Gasteiger partial charge in [0.2, 0.25) is 0 Å². The highest BCUT2D eigenvalue weighted by atomic mass is 16.6. The van der Waals surface area contributed by atoms with Gasteiger partial charge in [-0.25, -0.2) is 9.59 Å². The average Bonchev–Trinajstić information content (AvgIpc) is 3.76. The Balaban J connectivity index is 0.000000215. The summed E-state index contributed by atoms with van der Waals surface area (Å²) in [5.41, 5.74) is 5.69. The lowest BCUT2D eigenvalue weighted by Gasteiger charge is -2.32. The molecule has 0 aliphatic heterocycles. The van der Waals surface area contributed by atoms with Crippen LogP contribution in [0.5, 0.6) is 11.5 Å². The Morgan fingerprint density at radius 3 is 1.59 bits per heavy atom. The van der Waals surface area contributed by atoms with Gasteiger partial charge in [-0.15, -0.1) is 0 Å². The summed E-state index contributed by atoms with van der Waals surface area (Å²) >= 11 is 0. The van der Waals surface area contributed by atoms with Gasteiger partial charge in [0, 0.05) is 0 Å². The van der Waals surface area contributed by atoms with Gasteiger partial charge >= 0.3 is 11.9 Å². The smallest absolute Gasteiger partial charge is 0.344 e. The van der Waals surface area contributed by atoms with E-state index in [2.05, 4.69) is 26.0 Å². The van der Waals surface area contributed by atoms with Crippen molar-refractivity contribution in [1.82, 2.24) is 0 Å². The normalized spacial score (nSPS) is 25.3. The Morgan fingerprint density at radius 1 is 0.619 bits per heavy atom. The fourth-order valence-corrected chi connectivity index (χ4v) is 11.3. The van der Waals surface area contributed by atoms with Crippen LogP contribution in [0.1, 0.15) is 132 Å². The summed E-state index contributed by atoms with van der Waals surface area (Å²) in [7, 11) is 0. The van der Waals surface area contributed by atoms with Gasteiger partial charge in [0.05, 0.1) is 24.4 Å². The summed E-state index contributed by atoms with van der Waals surface area (Å²) in [5, 5.41) is 51.1. The van der Waals surface area contributed by atoms with Gasteiger partial charge in [0.25, 0.3) is 0 Å². The number of rotatable bonds is 22. The first-order chi connectivity index (χ1) is 30.5. The molecule has 0 unspecified atom stereocenters. The number of carbonyl (C=O) groups excluding carboxylic acids is 1. The molecule has 2 saturated carbocycles. The van der Waals surface area contributed by atoms with Gasteiger partial charge < -0.3 is 39.7 Å². The van der Waals surface area contributed by atoms with Crippen LogP contribution < -0.4 is 9.47 Å². The van der Waals surface area contributed by atoms with Gasteiger partial charge in [-0.3, -0.25) is 0 Å². The number of unbranched alkanes of at least 4 members (excludes halogenated alkanes) is 4. The zero-order valence-corrected chi connectivity index (χ0v) is 37.8. The molecule has 0 amide bonds. The molecule has 10 heteroatoms. The second-order valence-electron chi connectivity index (χ2n) is 19.0. The number of hydrogen-bond donors (Lipinski definition) is 5. The van der Waals surface area contributed by atoms with E-state index in [1.165, 1.54) is 17.5 Å². The molecule has 0 bridgehead atoms. The van der Waals surface area contributed by atoms with Gasteiger partial charge in [-0.2, -0.15) is 0 Å². The molecule has 3 aromatic rings. The van der Waals surface area contributed by atoms with E-state index in [0.717, 1.165) is 132 Å². The predicted octanol–water partition coefficient (Wildman–Crippen LogP) is 8.83. The summed E-state index contributed by atoms with van der Waals surface area (Å²) in [4.78, 5) is 23.1. The zero-order valence-electron chi connectivity index (χ0n) is 37.8. The van der Waals surface area contributed by atoms with Crippen molar-refractivity contribution in [3.8, 4) is 11.5 Å². The number of aliphatic carboxylic acids is 1. The molecule has 346 valence electrons.